The molecule has 8 atom stereocenters. The highest BCUT2D eigenvalue weighted by Crippen LogP contribution is 2.58. The average Bonchev–Trinajstić information content (AvgIpc) is 3.77. The largest absolute Gasteiger partial charge is 0.386 e. The molecule has 0 radical (unpaired) electrons. The predicted molar refractivity (Wildman–Crippen MR) is 161 cm³/mol. The maximum atomic E-state index is 13.7. The average molecular weight is 679 g/mol. The van der Waals surface area contributed by atoms with Gasteiger partial charge < -0.3 is 33.6 Å². The number of imidazole rings is 3. The van der Waals surface area contributed by atoms with Gasteiger partial charge in [-0.1, -0.05) is 12.2 Å². The number of H-pyrrole nitrogens is 1. The standard InChI is InChI=1S/C24H28N10O8P2S/c1-43(36)38-6-12-4-15(33-10-29-17-19(25)27-9-28-20(17)33)14(12)8-40-44(37,45)39-7-13-5-16(42-43)23(41-13)34-11-30-18-21(34)31-24-26-2-3-32(24)22(18)35/h2-3,9-16,23H,4-8H2,1H3,(H,26,31)(H,37,45)(H2,25,27,28)/t12-,13+,14-,15-,16-,23-,43+,44-/m1/s1. The lowest BCUT2D eigenvalue weighted by Crippen LogP contribution is -2.43. The van der Waals surface area contributed by atoms with E-state index in [0.29, 0.717) is 29.0 Å². The van der Waals surface area contributed by atoms with Gasteiger partial charge in [-0.3, -0.25) is 18.5 Å². The zero-order valence-electron chi connectivity index (χ0n) is 23.6. The summed E-state index contributed by atoms with van der Waals surface area (Å²) >= 11 is 4.22. The molecular formula is C24H28N10O8P2S. The molecule has 0 amide bonds. The van der Waals surface area contributed by atoms with E-state index in [4.69, 9.17) is 28.6 Å². The molecule has 5 aromatic heterocycles. The van der Waals surface area contributed by atoms with E-state index in [1.165, 1.54) is 36.1 Å². The predicted octanol–water partition coefficient (Wildman–Crippen LogP) is 2.57. The molecular weight excluding hydrogens is 650 g/mol. The lowest BCUT2D eigenvalue weighted by atomic mass is 9.70. The van der Waals surface area contributed by atoms with Crippen LogP contribution < -0.4 is 11.3 Å². The molecule has 1 aliphatic carbocycles. The molecule has 2 aliphatic heterocycles. The van der Waals surface area contributed by atoms with Crippen LogP contribution in [0, 0.1) is 11.8 Å². The Balaban J connectivity index is 1.08. The molecule has 0 aromatic carbocycles. The van der Waals surface area contributed by atoms with Crippen molar-refractivity contribution >= 4 is 60.6 Å². The first-order valence-electron chi connectivity index (χ1n) is 14.1. The van der Waals surface area contributed by atoms with Crippen LogP contribution in [0.4, 0.5) is 5.82 Å². The number of nitrogens with two attached hydrogens (primary N) is 1. The number of hydrogen-bond donors (Lipinski definition) is 3. The maximum absolute atomic E-state index is 13.7. The SMILES string of the molecule is C[P@]1(=O)OC[C@H]2C[C@@H](n3cnc4c(N)ncnc43)[C@@H]2CO[P@](=O)(S)OC[C@@H]2C[C@@H](O1)[C@H](n1cnc3c(=O)n4ccnc4[nH]c31)O2. The molecule has 2 saturated heterocycles. The molecule has 1 saturated carbocycles. The van der Waals surface area contributed by atoms with Crippen LogP contribution in [-0.4, -0.2) is 82.1 Å². The topological polar surface area (TPSA) is 218 Å². The summed E-state index contributed by atoms with van der Waals surface area (Å²) in [7, 11) is -3.64. The van der Waals surface area contributed by atoms with Crippen LogP contribution in [0.5, 0.6) is 0 Å². The summed E-state index contributed by atoms with van der Waals surface area (Å²) in [4.78, 5) is 37.2. The van der Waals surface area contributed by atoms with Crippen molar-refractivity contribution in [2.75, 3.05) is 32.2 Å². The van der Waals surface area contributed by atoms with Gasteiger partial charge >= 0.3 is 14.4 Å². The smallest absolute Gasteiger partial charge is 0.382 e. The number of aromatic nitrogens is 9. The van der Waals surface area contributed by atoms with Crippen molar-refractivity contribution in [2.24, 2.45) is 11.8 Å². The number of aromatic amines is 1. The van der Waals surface area contributed by atoms with Crippen LogP contribution in [0.25, 0.3) is 28.1 Å². The van der Waals surface area contributed by atoms with Gasteiger partial charge in [-0.15, -0.1) is 0 Å². The fourth-order valence-electron chi connectivity index (χ4n) is 6.33. The Kier molecular flexibility index (Phi) is 6.96. The normalized spacial score (nSPS) is 34.5. The van der Waals surface area contributed by atoms with Gasteiger partial charge in [0, 0.05) is 37.4 Å². The Morgan fingerprint density at radius 1 is 1.00 bits per heavy atom. The Hall–Kier alpha value is -3.15. The Morgan fingerprint density at radius 2 is 1.80 bits per heavy atom. The highest BCUT2D eigenvalue weighted by Gasteiger charge is 2.47. The number of nitrogens with one attached hydrogen (secondary N) is 1. The van der Waals surface area contributed by atoms with E-state index in [-0.39, 0.29) is 61.0 Å². The first-order valence-corrected chi connectivity index (χ1v) is 18.8. The van der Waals surface area contributed by atoms with E-state index in [2.05, 4.69) is 42.2 Å². The van der Waals surface area contributed by atoms with Gasteiger partial charge in [0.15, 0.2) is 23.2 Å². The second-order valence-electron chi connectivity index (χ2n) is 11.4. The summed E-state index contributed by atoms with van der Waals surface area (Å²) in [6, 6.07) is -0.154. The first-order chi connectivity index (χ1) is 21.6. The molecule has 3 fully saturated rings. The number of fused-ring (bicyclic) bond motifs is 6. The number of nitrogens with zero attached hydrogens (tertiary/aromatic N) is 8. The van der Waals surface area contributed by atoms with Crippen LogP contribution in [0.2, 0.25) is 0 Å². The van der Waals surface area contributed by atoms with E-state index >= 15 is 0 Å². The molecule has 5 aromatic rings. The van der Waals surface area contributed by atoms with Crippen LogP contribution in [-0.2, 0) is 32.0 Å². The number of anilines is 1. The third-order valence-corrected chi connectivity index (χ3v) is 11.5. The molecule has 45 heavy (non-hydrogen) atoms. The highest BCUT2D eigenvalue weighted by atomic mass is 32.7. The summed E-state index contributed by atoms with van der Waals surface area (Å²) in [6.07, 6.45) is 5.93. The first kappa shape index (κ1) is 29.3. The summed E-state index contributed by atoms with van der Waals surface area (Å²) in [5.41, 5.74) is 7.14. The quantitative estimate of drug-likeness (QED) is 0.181. The number of hydrogen-bond acceptors (Lipinski definition) is 14. The molecule has 21 heteroatoms. The second kappa shape index (κ2) is 10.7. The van der Waals surface area contributed by atoms with Gasteiger partial charge in [0.2, 0.25) is 5.78 Å². The molecule has 0 spiro atoms. The number of ether oxygens (including phenoxy) is 1. The molecule has 7 heterocycles. The number of thiol groups is 1. The third kappa shape index (κ3) is 5.11. The van der Waals surface area contributed by atoms with Crippen molar-refractivity contribution in [3.8, 4) is 0 Å². The molecule has 3 N–H and O–H groups in total. The van der Waals surface area contributed by atoms with Crippen LogP contribution >= 0.6 is 26.6 Å². The van der Waals surface area contributed by atoms with Gasteiger partial charge in [-0.25, -0.2) is 33.9 Å². The zero-order chi connectivity index (χ0) is 31.1. The highest BCUT2D eigenvalue weighted by molar-refractivity contribution is 8.44. The van der Waals surface area contributed by atoms with Crippen LogP contribution in [0.1, 0.15) is 25.1 Å². The Morgan fingerprint density at radius 3 is 2.67 bits per heavy atom. The van der Waals surface area contributed by atoms with Crippen molar-refractivity contribution in [2.45, 2.75) is 37.3 Å². The molecule has 18 nitrogen and oxygen atoms in total. The molecule has 3 aliphatic rings. The minimum atomic E-state index is -3.83. The third-order valence-electron chi connectivity index (χ3n) is 8.60. The molecule has 2 bridgehead atoms. The Bertz CT molecular complexity index is 2100. The lowest BCUT2D eigenvalue weighted by Gasteiger charge is -2.45. The molecule has 8 rings (SSSR count). The van der Waals surface area contributed by atoms with E-state index in [9.17, 15) is 13.9 Å². The fourth-order valence-corrected chi connectivity index (χ4v) is 8.72. The number of rotatable bonds is 2. The van der Waals surface area contributed by atoms with Crippen LogP contribution in [0.3, 0.4) is 0 Å². The maximum Gasteiger partial charge on any atom is 0.386 e. The monoisotopic (exact) mass is 678 g/mol. The van der Waals surface area contributed by atoms with Crippen molar-refractivity contribution in [3.63, 3.8) is 0 Å². The van der Waals surface area contributed by atoms with Crippen molar-refractivity contribution in [1.29, 1.82) is 0 Å². The van der Waals surface area contributed by atoms with Gasteiger partial charge in [0.25, 0.3) is 5.56 Å². The zero-order valence-corrected chi connectivity index (χ0v) is 26.3. The summed E-state index contributed by atoms with van der Waals surface area (Å²) < 4.78 is 61.5. The Labute approximate surface area is 258 Å². The van der Waals surface area contributed by atoms with E-state index in [1.54, 1.807) is 10.9 Å². The van der Waals surface area contributed by atoms with E-state index in [1.807, 2.05) is 4.57 Å². The van der Waals surface area contributed by atoms with E-state index in [0.717, 1.165) is 0 Å². The van der Waals surface area contributed by atoms with Gasteiger partial charge in [-0.2, -0.15) is 0 Å². The molecule has 238 valence electrons. The van der Waals surface area contributed by atoms with Crippen molar-refractivity contribution < 1.29 is 32.0 Å². The molecule has 0 unspecified atom stereocenters. The van der Waals surface area contributed by atoms with E-state index < -0.39 is 32.8 Å². The van der Waals surface area contributed by atoms with Gasteiger partial charge in [-0.05, 0) is 12.3 Å². The van der Waals surface area contributed by atoms with Crippen molar-refractivity contribution in [1.82, 2.24) is 43.4 Å². The summed E-state index contributed by atoms with van der Waals surface area (Å²) in [6.45, 7) is -2.47. The lowest BCUT2D eigenvalue weighted by molar-refractivity contribution is -0.0434. The minimum Gasteiger partial charge on any atom is -0.382 e. The fraction of sp³-hybridized carbons (Fsp3) is 0.500. The minimum absolute atomic E-state index is 0.0159. The second-order valence-corrected chi connectivity index (χ2v) is 16.3. The van der Waals surface area contributed by atoms with Crippen molar-refractivity contribution in [3.05, 3.63) is 41.7 Å². The van der Waals surface area contributed by atoms with Crippen LogP contribution in [0.15, 0.2) is 36.2 Å². The summed E-state index contributed by atoms with van der Waals surface area (Å²) in [5.74, 6) is 0.203. The summed E-state index contributed by atoms with van der Waals surface area (Å²) in [5, 5.41) is 0. The van der Waals surface area contributed by atoms with Gasteiger partial charge in [0.05, 0.1) is 38.6 Å². The number of nitrogen functional groups attached to an aromatic ring is 1. The van der Waals surface area contributed by atoms with Gasteiger partial charge in [0.1, 0.15) is 23.6 Å².